The first-order valence-corrected chi connectivity index (χ1v) is 8.10. The van der Waals surface area contributed by atoms with Crippen LogP contribution in [0.3, 0.4) is 0 Å². The molecular formula is C19H21N3O5. The number of methoxy groups -OCH3 is 5. The summed E-state index contributed by atoms with van der Waals surface area (Å²) in [5, 5.41) is 8.26. The predicted octanol–water partition coefficient (Wildman–Crippen LogP) is 2.98. The van der Waals surface area contributed by atoms with Gasteiger partial charge in [0, 0.05) is 0 Å². The molecule has 0 radical (unpaired) electrons. The van der Waals surface area contributed by atoms with Gasteiger partial charge in [-0.1, -0.05) is 5.21 Å². The van der Waals surface area contributed by atoms with Gasteiger partial charge in [0.1, 0.15) is 5.75 Å². The van der Waals surface area contributed by atoms with Crippen molar-refractivity contribution in [3.05, 3.63) is 36.5 Å². The summed E-state index contributed by atoms with van der Waals surface area (Å²) in [5.41, 5.74) is 2.23. The first-order valence-electron chi connectivity index (χ1n) is 8.10. The van der Waals surface area contributed by atoms with Gasteiger partial charge in [-0.25, -0.2) is 4.68 Å². The molecule has 0 aliphatic rings. The number of ether oxygens (including phenoxy) is 5. The van der Waals surface area contributed by atoms with Crippen molar-refractivity contribution < 1.29 is 23.7 Å². The first-order chi connectivity index (χ1) is 13.2. The number of aromatic nitrogens is 3. The summed E-state index contributed by atoms with van der Waals surface area (Å²) in [4.78, 5) is 0. The predicted molar refractivity (Wildman–Crippen MR) is 99.6 cm³/mol. The van der Waals surface area contributed by atoms with Gasteiger partial charge in [0.15, 0.2) is 11.5 Å². The van der Waals surface area contributed by atoms with E-state index in [0.29, 0.717) is 34.3 Å². The van der Waals surface area contributed by atoms with Crippen LogP contribution in [0, 0.1) is 0 Å². The minimum atomic E-state index is 0.428. The average Bonchev–Trinajstić information content (AvgIpc) is 3.21. The number of rotatable bonds is 7. The average molecular weight is 371 g/mol. The highest BCUT2D eigenvalue weighted by Crippen LogP contribution is 2.50. The summed E-state index contributed by atoms with van der Waals surface area (Å²) >= 11 is 0. The Kier molecular flexibility index (Phi) is 5.35. The molecule has 0 saturated carbocycles. The Balaban J connectivity index is 2.21. The van der Waals surface area contributed by atoms with Crippen LogP contribution in [0.1, 0.15) is 0 Å². The van der Waals surface area contributed by atoms with Crippen LogP contribution >= 0.6 is 0 Å². The third-order valence-electron chi connectivity index (χ3n) is 4.13. The summed E-state index contributed by atoms with van der Waals surface area (Å²) in [7, 11) is 7.84. The third-order valence-corrected chi connectivity index (χ3v) is 4.13. The lowest BCUT2D eigenvalue weighted by molar-refractivity contribution is 0.306. The van der Waals surface area contributed by atoms with Crippen molar-refractivity contribution in [2.75, 3.05) is 35.5 Å². The second-order valence-electron chi connectivity index (χ2n) is 5.46. The Morgan fingerprint density at radius 2 is 1.41 bits per heavy atom. The van der Waals surface area contributed by atoms with E-state index >= 15 is 0 Å². The van der Waals surface area contributed by atoms with Crippen molar-refractivity contribution in [3.63, 3.8) is 0 Å². The molecule has 0 spiro atoms. The van der Waals surface area contributed by atoms with Crippen LogP contribution in [0.5, 0.6) is 28.7 Å². The number of nitrogens with zero attached hydrogens (tertiary/aromatic N) is 3. The molecule has 0 amide bonds. The number of benzene rings is 2. The summed E-state index contributed by atoms with van der Waals surface area (Å²) in [6.45, 7) is 0. The smallest absolute Gasteiger partial charge is 0.207 e. The monoisotopic (exact) mass is 371 g/mol. The fraction of sp³-hybridized carbons (Fsp3) is 0.263. The first kappa shape index (κ1) is 18.4. The maximum atomic E-state index is 5.61. The molecule has 0 unspecified atom stereocenters. The lowest BCUT2D eigenvalue weighted by atomic mass is 10.1. The Morgan fingerprint density at radius 3 is 1.96 bits per heavy atom. The lowest BCUT2D eigenvalue weighted by Crippen LogP contribution is -2.03. The van der Waals surface area contributed by atoms with Gasteiger partial charge in [-0.2, -0.15) is 0 Å². The van der Waals surface area contributed by atoms with Crippen molar-refractivity contribution in [2.24, 2.45) is 0 Å². The maximum absolute atomic E-state index is 5.61. The SMILES string of the molecule is COc1ccc(-n2nncc2-c2cc(OC)c(OC)c(OC)c2OC)cc1. The molecule has 1 heterocycles. The quantitative estimate of drug-likeness (QED) is 0.632. The van der Waals surface area contributed by atoms with Crippen molar-refractivity contribution in [2.45, 2.75) is 0 Å². The summed E-state index contributed by atoms with van der Waals surface area (Å²) < 4.78 is 28.9. The van der Waals surface area contributed by atoms with Crippen LogP contribution in [-0.4, -0.2) is 50.5 Å². The molecule has 0 bridgehead atoms. The van der Waals surface area contributed by atoms with Gasteiger partial charge < -0.3 is 23.7 Å². The Bertz CT molecular complexity index is 922. The highest BCUT2D eigenvalue weighted by atomic mass is 16.5. The number of hydrogen-bond donors (Lipinski definition) is 0. The second kappa shape index (κ2) is 7.86. The molecule has 0 saturated heterocycles. The van der Waals surface area contributed by atoms with Crippen LogP contribution in [-0.2, 0) is 0 Å². The fourth-order valence-corrected chi connectivity index (χ4v) is 2.86. The van der Waals surface area contributed by atoms with Crippen LogP contribution in [0.2, 0.25) is 0 Å². The summed E-state index contributed by atoms with van der Waals surface area (Å²) in [5.74, 6) is 2.63. The van der Waals surface area contributed by atoms with Crippen LogP contribution in [0.15, 0.2) is 36.5 Å². The van der Waals surface area contributed by atoms with Crippen molar-refractivity contribution >= 4 is 0 Å². The van der Waals surface area contributed by atoms with Crippen LogP contribution in [0.4, 0.5) is 0 Å². The molecule has 1 aromatic heterocycles. The van der Waals surface area contributed by atoms with E-state index in [-0.39, 0.29) is 0 Å². The Labute approximate surface area is 157 Å². The molecule has 3 rings (SSSR count). The van der Waals surface area contributed by atoms with E-state index in [1.807, 2.05) is 24.3 Å². The minimum absolute atomic E-state index is 0.428. The van der Waals surface area contributed by atoms with Crippen LogP contribution < -0.4 is 23.7 Å². The molecule has 3 aromatic rings. The molecule has 8 nitrogen and oxygen atoms in total. The highest BCUT2D eigenvalue weighted by molar-refractivity contribution is 5.78. The van der Waals surface area contributed by atoms with E-state index in [0.717, 1.165) is 11.4 Å². The summed E-state index contributed by atoms with van der Waals surface area (Å²) in [6, 6.07) is 9.29. The normalized spacial score (nSPS) is 10.4. The van der Waals surface area contributed by atoms with Crippen molar-refractivity contribution in [1.29, 1.82) is 0 Å². The van der Waals surface area contributed by atoms with Gasteiger partial charge in [-0.15, -0.1) is 5.10 Å². The molecule has 27 heavy (non-hydrogen) atoms. The van der Waals surface area contributed by atoms with Gasteiger partial charge in [0.2, 0.25) is 11.5 Å². The topological polar surface area (TPSA) is 76.9 Å². The molecule has 0 aliphatic carbocycles. The molecule has 0 N–H and O–H groups in total. The number of hydrogen-bond acceptors (Lipinski definition) is 7. The van der Waals surface area contributed by atoms with Gasteiger partial charge in [0.25, 0.3) is 0 Å². The second-order valence-corrected chi connectivity index (χ2v) is 5.46. The zero-order valence-corrected chi connectivity index (χ0v) is 15.8. The zero-order chi connectivity index (χ0) is 19.4. The van der Waals surface area contributed by atoms with E-state index in [1.54, 1.807) is 52.5 Å². The molecule has 8 heteroatoms. The van der Waals surface area contributed by atoms with E-state index in [4.69, 9.17) is 23.7 Å². The maximum Gasteiger partial charge on any atom is 0.207 e. The fourth-order valence-electron chi connectivity index (χ4n) is 2.86. The van der Waals surface area contributed by atoms with E-state index in [2.05, 4.69) is 10.3 Å². The molecule has 0 fully saturated rings. The molecule has 0 aliphatic heterocycles. The van der Waals surface area contributed by atoms with Gasteiger partial charge in [-0.05, 0) is 30.3 Å². The van der Waals surface area contributed by atoms with E-state index in [1.165, 1.54) is 0 Å². The van der Waals surface area contributed by atoms with Crippen molar-refractivity contribution in [3.8, 4) is 45.7 Å². The molecule has 142 valence electrons. The van der Waals surface area contributed by atoms with Gasteiger partial charge >= 0.3 is 0 Å². The summed E-state index contributed by atoms with van der Waals surface area (Å²) in [6.07, 6.45) is 1.65. The van der Waals surface area contributed by atoms with E-state index in [9.17, 15) is 0 Å². The highest BCUT2D eigenvalue weighted by Gasteiger charge is 2.24. The molecular weight excluding hydrogens is 350 g/mol. The van der Waals surface area contributed by atoms with Gasteiger partial charge in [-0.3, -0.25) is 0 Å². The zero-order valence-electron chi connectivity index (χ0n) is 15.8. The molecule has 2 aromatic carbocycles. The molecule has 0 atom stereocenters. The standard InChI is InChI=1S/C19H21N3O5/c1-23-13-8-6-12(7-9-13)22-15(11-20-21-22)14-10-16(24-2)18(26-4)19(27-5)17(14)25-3/h6-11H,1-5H3. The Morgan fingerprint density at radius 1 is 0.741 bits per heavy atom. The van der Waals surface area contributed by atoms with E-state index < -0.39 is 0 Å². The van der Waals surface area contributed by atoms with Crippen molar-refractivity contribution in [1.82, 2.24) is 15.0 Å². The third kappa shape index (κ3) is 3.21. The van der Waals surface area contributed by atoms with Gasteiger partial charge in [0.05, 0.1) is 58.7 Å². The lowest BCUT2D eigenvalue weighted by Gasteiger charge is -2.18. The largest absolute Gasteiger partial charge is 0.497 e. The minimum Gasteiger partial charge on any atom is -0.497 e. The Hall–Kier alpha value is -3.42. The van der Waals surface area contributed by atoms with Crippen LogP contribution in [0.25, 0.3) is 16.9 Å².